The van der Waals surface area contributed by atoms with Gasteiger partial charge in [0.05, 0.1) is 0 Å². The number of nitrogens with zero attached hydrogens (tertiary/aromatic N) is 3. The number of benzene rings is 2. The first-order chi connectivity index (χ1) is 12.2. The van der Waals surface area contributed by atoms with Crippen molar-refractivity contribution in [2.24, 2.45) is 0 Å². The van der Waals surface area contributed by atoms with Crippen molar-refractivity contribution in [1.29, 1.82) is 0 Å². The van der Waals surface area contributed by atoms with E-state index in [1.54, 1.807) is 12.1 Å². The number of rotatable bonds is 5. The van der Waals surface area contributed by atoms with E-state index in [9.17, 15) is 9.18 Å². The van der Waals surface area contributed by atoms with Crippen LogP contribution in [0, 0.1) is 5.82 Å². The number of carbonyl (C=O) groups excluding carboxylic acids is 1. The maximum absolute atomic E-state index is 13.1. The fraction of sp³-hybridized carbons (Fsp3) is 0.0556. The van der Waals surface area contributed by atoms with Gasteiger partial charge in [-0.15, -0.1) is 0 Å². The van der Waals surface area contributed by atoms with Crippen LogP contribution in [0.4, 0.5) is 4.39 Å². The van der Waals surface area contributed by atoms with E-state index in [1.807, 2.05) is 30.3 Å². The van der Waals surface area contributed by atoms with Crippen LogP contribution in [-0.4, -0.2) is 20.9 Å². The molecule has 0 amide bonds. The minimum absolute atomic E-state index is 0.294. The number of aromatic nitrogens is 3. The molecule has 0 atom stereocenters. The molecule has 0 bridgehead atoms. The molecule has 7 heteroatoms. The van der Waals surface area contributed by atoms with Gasteiger partial charge in [0.1, 0.15) is 29.6 Å². The Morgan fingerprint density at radius 2 is 1.88 bits per heavy atom. The van der Waals surface area contributed by atoms with Crippen molar-refractivity contribution in [3.8, 4) is 17.0 Å². The van der Waals surface area contributed by atoms with Crippen molar-refractivity contribution >= 4 is 22.6 Å². The minimum atomic E-state index is -0.337. The summed E-state index contributed by atoms with van der Waals surface area (Å²) in [5.41, 5.74) is 1.50. The van der Waals surface area contributed by atoms with Gasteiger partial charge in [0.15, 0.2) is 11.3 Å². The quantitative estimate of drug-likeness (QED) is 0.509. The van der Waals surface area contributed by atoms with E-state index in [1.165, 1.54) is 28.0 Å². The predicted octanol–water partition coefficient (Wildman–Crippen LogP) is 3.99. The predicted molar refractivity (Wildman–Crippen MR) is 92.4 cm³/mol. The SMILES string of the molecule is O=Cc1c(-c2ccc(F)cc2)nc2sc(COc3ccccc3)nn12. The number of hydrogen-bond acceptors (Lipinski definition) is 5. The molecule has 0 spiro atoms. The highest BCUT2D eigenvalue weighted by Gasteiger charge is 2.17. The highest BCUT2D eigenvalue weighted by molar-refractivity contribution is 7.16. The number of hydrogen-bond donors (Lipinski definition) is 0. The smallest absolute Gasteiger partial charge is 0.213 e. The topological polar surface area (TPSA) is 56.5 Å². The van der Waals surface area contributed by atoms with Crippen LogP contribution >= 0.6 is 11.3 Å². The summed E-state index contributed by atoms with van der Waals surface area (Å²) >= 11 is 1.35. The molecule has 0 fully saturated rings. The van der Waals surface area contributed by atoms with Crippen LogP contribution in [0.25, 0.3) is 16.2 Å². The van der Waals surface area contributed by atoms with Crippen molar-refractivity contribution in [1.82, 2.24) is 14.6 Å². The number of aldehydes is 1. The van der Waals surface area contributed by atoms with Crippen molar-refractivity contribution in [3.05, 3.63) is 71.1 Å². The van der Waals surface area contributed by atoms with Crippen LogP contribution in [0.1, 0.15) is 15.5 Å². The third-order valence-corrected chi connectivity index (χ3v) is 4.50. The average Bonchev–Trinajstić information content (AvgIpc) is 3.18. The van der Waals surface area contributed by atoms with Gasteiger partial charge < -0.3 is 4.74 Å². The molecule has 4 rings (SSSR count). The van der Waals surface area contributed by atoms with Crippen molar-refractivity contribution in [2.45, 2.75) is 6.61 Å². The lowest BCUT2D eigenvalue weighted by Gasteiger charge is -2.02. The maximum Gasteiger partial charge on any atom is 0.213 e. The van der Waals surface area contributed by atoms with E-state index in [2.05, 4.69) is 10.1 Å². The molecule has 0 radical (unpaired) electrons. The largest absolute Gasteiger partial charge is 0.486 e. The summed E-state index contributed by atoms with van der Waals surface area (Å²) in [6.07, 6.45) is 0.709. The summed E-state index contributed by atoms with van der Waals surface area (Å²) < 4.78 is 20.3. The third-order valence-electron chi connectivity index (χ3n) is 3.61. The lowest BCUT2D eigenvalue weighted by atomic mass is 10.1. The molecule has 0 saturated carbocycles. The Kier molecular flexibility index (Phi) is 3.99. The molecule has 0 unspecified atom stereocenters. The van der Waals surface area contributed by atoms with E-state index in [0.29, 0.717) is 39.8 Å². The Hall–Kier alpha value is -3.06. The van der Waals surface area contributed by atoms with Crippen molar-refractivity contribution in [2.75, 3.05) is 0 Å². The number of para-hydroxylation sites is 1. The van der Waals surface area contributed by atoms with E-state index in [0.717, 1.165) is 5.75 Å². The number of halogens is 1. The standard InChI is InChI=1S/C18H12FN3O2S/c19-13-8-6-12(7-9-13)17-15(10-23)22-18(20-17)25-16(21-22)11-24-14-4-2-1-3-5-14/h1-10H,11H2. The molecule has 0 aliphatic heterocycles. The molecule has 0 N–H and O–H groups in total. The number of imidazole rings is 1. The first-order valence-electron chi connectivity index (χ1n) is 7.52. The Bertz CT molecular complexity index is 1030. The number of fused-ring (bicyclic) bond motifs is 1. The van der Waals surface area contributed by atoms with Gasteiger partial charge in [-0.05, 0) is 36.4 Å². The van der Waals surface area contributed by atoms with Gasteiger partial charge in [-0.3, -0.25) is 4.79 Å². The molecule has 25 heavy (non-hydrogen) atoms. The molecular weight excluding hydrogens is 341 g/mol. The molecule has 0 aliphatic carbocycles. The van der Waals surface area contributed by atoms with E-state index in [-0.39, 0.29) is 5.82 Å². The zero-order valence-electron chi connectivity index (χ0n) is 12.9. The summed E-state index contributed by atoms with van der Waals surface area (Å²) in [5.74, 6) is 0.411. The average molecular weight is 353 g/mol. The highest BCUT2D eigenvalue weighted by Crippen LogP contribution is 2.26. The van der Waals surface area contributed by atoms with Crippen LogP contribution in [0.5, 0.6) is 5.75 Å². The van der Waals surface area contributed by atoms with Crippen LogP contribution < -0.4 is 4.74 Å². The number of ether oxygens (including phenoxy) is 1. The Labute approximate surface area is 146 Å². The number of carbonyl (C=O) groups is 1. The van der Waals surface area contributed by atoms with Gasteiger partial charge in [0.25, 0.3) is 0 Å². The van der Waals surface area contributed by atoms with E-state index in [4.69, 9.17) is 4.74 Å². The molecule has 0 aliphatic rings. The van der Waals surface area contributed by atoms with Crippen LogP contribution in [-0.2, 0) is 6.61 Å². The van der Waals surface area contributed by atoms with E-state index >= 15 is 0 Å². The Morgan fingerprint density at radius 1 is 1.12 bits per heavy atom. The first kappa shape index (κ1) is 15.5. The fourth-order valence-corrected chi connectivity index (χ4v) is 3.26. The maximum atomic E-state index is 13.1. The lowest BCUT2D eigenvalue weighted by molar-refractivity contribution is 0.111. The summed E-state index contributed by atoms with van der Waals surface area (Å²) in [6, 6.07) is 15.3. The molecule has 2 heterocycles. The zero-order valence-corrected chi connectivity index (χ0v) is 13.7. The van der Waals surface area contributed by atoms with Crippen LogP contribution in [0.2, 0.25) is 0 Å². The van der Waals surface area contributed by atoms with Crippen LogP contribution in [0.3, 0.4) is 0 Å². The summed E-state index contributed by atoms with van der Waals surface area (Å²) in [6.45, 7) is 0.294. The molecule has 124 valence electrons. The fourth-order valence-electron chi connectivity index (χ4n) is 2.45. The Balaban J connectivity index is 1.64. The Morgan fingerprint density at radius 3 is 2.60 bits per heavy atom. The van der Waals surface area contributed by atoms with E-state index < -0.39 is 0 Å². The molecule has 2 aromatic carbocycles. The van der Waals surface area contributed by atoms with Gasteiger partial charge in [-0.25, -0.2) is 9.37 Å². The van der Waals surface area contributed by atoms with Gasteiger partial charge in [0.2, 0.25) is 4.96 Å². The van der Waals surface area contributed by atoms with Gasteiger partial charge in [0, 0.05) is 5.56 Å². The van der Waals surface area contributed by atoms with Gasteiger partial charge in [-0.2, -0.15) is 9.61 Å². The summed E-state index contributed by atoms with van der Waals surface area (Å²) in [7, 11) is 0. The summed E-state index contributed by atoms with van der Waals surface area (Å²) in [5, 5.41) is 5.11. The second kappa shape index (κ2) is 6.45. The highest BCUT2D eigenvalue weighted by atomic mass is 32.1. The van der Waals surface area contributed by atoms with Crippen molar-refractivity contribution in [3.63, 3.8) is 0 Å². The molecule has 5 nitrogen and oxygen atoms in total. The molecular formula is C18H12FN3O2S. The lowest BCUT2D eigenvalue weighted by Crippen LogP contribution is -1.98. The molecule has 0 saturated heterocycles. The third kappa shape index (κ3) is 3.01. The van der Waals surface area contributed by atoms with Crippen molar-refractivity contribution < 1.29 is 13.9 Å². The van der Waals surface area contributed by atoms with Gasteiger partial charge in [-0.1, -0.05) is 29.5 Å². The molecule has 4 aromatic rings. The van der Waals surface area contributed by atoms with Crippen LogP contribution in [0.15, 0.2) is 54.6 Å². The second-order valence-corrected chi connectivity index (χ2v) is 6.30. The van der Waals surface area contributed by atoms with Gasteiger partial charge >= 0.3 is 0 Å². The second-order valence-electron chi connectivity index (χ2n) is 5.26. The molecule has 2 aromatic heterocycles. The first-order valence-corrected chi connectivity index (χ1v) is 8.33. The minimum Gasteiger partial charge on any atom is -0.486 e. The summed E-state index contributed by atoms with van der Waals surface area (Å²) in [4.78, 5) is 16.6. The zero-order chi connectivity index (χ0) is 17.2. The monoisotopic (exact) mass is 353 g/mol. The normalized spacial score (nSPS) is 10.9.